The van der Waals surface area contributed by atoms with Crippen molar-refractivity contribution in [2.24, 2.45) is 21.5 Å². The summed E-state index contributed by atoms with van der Waals surface area (Å²) in [5.41, 5.74) is 12.0. The van der Waals surface area contributed by atoms with Gasteiger partial charge < -0.3 is 16.4 Å². The van der Waals surface area contributed by atoms with Gasteiger partial charge in [-0.2, -0.15) is 0 Å². The SMILES string of the molecule is CC(c1cc2cccc(Cl)c2nc1N1CCC(F)(F)C1)C1(C)N=C(N)NC(N)=N1. The first-order valence-corrected chi connectivity index (χ1v) is 9.65. The topological polar surface area (TPSA) is 105 Å². The smallest absolute Gasteiger partial charge is 0.266 e. The number of benzene rings is 1. The Labute approximate surface area is 171 Å². The zero-order valence-corrected chi connectivity index (χ0v) is 16.8. The highest BCUT2D eigenvalue weighted by Crippen LogP contribution is 2.42. The van der Waals surface area contributed by atoms with Crippen molar-refractivity contribution in [2.45, 2.75) is 37.8 Å². The molecule has 2 aromatic rings. The third kappa shape index (κ3) is 3.55. The first kappa shape index (κ1) is 19.6. The number of rotatable bonds is 3. The maximum Gasteiger partial charge on any atom is 0.266 e. The Morgan fingerprint density at radius 2 is 1.93 bits per heavy atom. The number of anilines is 1. The summed E-state index contributed by atoms with van der Waals surface area (Å²) in [7, 11) is 0. The molecule has 1 saturated heterocycles. The Hall–Kier alpha value is -2.68. The fourth-order valence-corrected chi connectivity index (χ4v) is 4.07. The number of nitrogens with two attached hydrogens (primary N) is 2. The van der Waals surface area contributed by atoms with E-state index in [1.807, 2.05) is 25.1 Å². The van der Waals surface area contributed by atoms with E-state index in [0.29, 0.717) is 16.4 Å². The fraction of sp³-hybridized carbons (Fsp3) is 0.421. The van der Waals surface area contributed by atoms with E-state index in [9.17, 15) is 8.78 Å². The Bertz CT molecular complexity index is 1020. The predicted octanol–water partition coefficient (Wildman–Crippen LogP) is 2.79. The summed E-state index contributed by atoms with van der Waals surface area (Å²) in [5.74, 6) is -2.35. The van der Waals surface area contributed by atoms with E-state index in [1.165, 1.54) is 0 Å². The van der Waals surface area contributed by atoms with E-state index >= 15 is 0 Å². The lowest BCUT2D eigenvalue weighted by molar-refractivity contribution is 0.0256. The largest absolute Gasteiger partial charge is 0.370 e. The minimum Gasteiger partial charge on any atom is -0.370 e. The number of guanidine groups is 2. The standard InChI is InChI=1S/C19H22ClF2N7/c1-10(18(2)27-16(23)26-17(24)28-18)12-8-11-4-3-5-13(20)14(11)25-15(12)29-7-6-19(21,22)9-29/h3-5,8,10H,6-7,9H2,1-2H3,(H5,23,24,26,27,28). The van der Waals surface area contributed by atoms with Crippen LogP contribution in [0.4, 0.5) is 14.6 Å². The van der Waals surface area contributed by atoms with Gasteiger partial charge in [-0.05, 0) is 19.1 Å². The van der Waals surface area contributed by atoms with Gasteiger partial charge in [-0.1, -0.05) is 30.7 Å². The molecule has 2 aliphatic heterocycles. The van der Waals surface area contributed by atoms with Crippen LogP contribution in [-0.4, -0.2) is 41.6 Å². The molecule has 0 amide bonds. The molecule has 0 radical (unpaired) electrons. The summed E-state index contributed by atoms with van der Waals surface area (Å²) in [6.45, 7) is 3.50. The van der Waals surface area contributed by atoms with E-state index in [-0.39, 0.29) is 30.8 Å². The zero-order valence-electron chi connectivity index (χ0n) is 16.1. The highest BCUT2D eigenvalue weighted by Gasteiger charge is 2.42. The Balaban J connectivity index is 1.88. The van der Waals surface area contributed by atoms with Gasteiger partial charge >= 0.3 is 0 Å². The van der Waals surface area contributed by atoms with E-state index < -0.39 is 18.1 Å². The van der Waals surface area contributed by atoms with E-state index in [2.05, 4.69) is 15.3 Å². The van der Waals surface area contributed by atoms with E-state index in [1.54, 1.807) is 17.9 Å². The Morgan fingerprint density at radius 3 is 2.55 bits per heavy atom. The van der Waals surface area contributed by atoms with Gasteiger partial charge in [0.2, 0.25) is 0 Å². The number of halogens is 3. The van der Waals surface area contributed by atoms with Crippen molar-refractivity contribution >= 4 is 40.2 Å². The lowest BCUT2D eigenvalue weighted by Gasteiger charge is -2.34. The molecule has 29 heavy (non-hydrogen) atoms. The number of nitrogens with zero attached hydrogens (tertiary/aromatic N) is 4. The zero-order chi connectivity index (χ0) is 21.0. The average Bonchev–Trinajstić information content (AvgIpc) is 2.99. The van der Waals surface area contributed by atoms with Gasteiger partial charge in [-0.15, -0.1) is 0 Å². The molecule has 0 aliphatic carbocycles. The number of hydrogen-bond donors (Lipinski definition) is 3. The second-order valence-corrected chi connectivity index (χ2v) is 8.08. The van der Waals surface area contributed by atoms with Gasteiger partial charge in [0, 0.05) is 29.8 Å². The normalized spacial score (nSPS) is 21.5. The third-order valence-electron chi connectivity index (χ3n) is 5.51. The van der Waals surface area contributed by atoms with Crippen LogP contribution in [0.2, 0.25) is 5.02 Å². The summed E-state index contributed by atoms with van der Waals surface area (Å²) in [6, 6.07) is 7.34. The summed E-state index contributed by atoms with van der Waals surface area (Å²) in [5, 5.41) is 3.94. The maximum absolute atomic E-state index is 14.0. The molecule has 3 heterocycles. The molecule has 5 N–H and O–H groups in total. The Kier molecular flexibility index (Phi) is 4.53. The predicted molar refractivity (Wildman–Crippen MR) is 112 cm³/mol. The Morgan fingerprint density at radius 1 is 1.24 bits per heavy atom. The quantitative estimate of drug-likeness (QED) is 0.706. The van der Waals surface area contributed by atoms with Crippen LogP contribution in [0.1, 0.15) is 31.7 Å². The summed E-state index contributed by atoms with van der Waals surface area (Å²) >= 11 is 6.32. The highest BCUT2D eigenvalue weighted by molar-refractivity contribution is 6.35. The summed E-state index contributed by atoms with van der Waals surface area (Å²) in [4.78, 5) is 15.1. The minimum atomic E-state index is -2.76. The van der Waals surface area contributed by atoms with E-state index in [0.717, 1.165) is 10.9 Å². The molecule has 0 bridgehead atoms. The van der Waals surface area contributed by atoms with Gasteiger partial charge in [0.15, 0.2) is 17.6 Å². The van der Waals surface area contributed by atoms with Gasteiger partial charge in [-0.25, -0.2) is 23.7 Å². The molecule has 1 aromatic heterocycles. The molecule has 0 spiro atoms. The van der Waals surface area contributed by atoms with E-state index in [4.69, 9.17) is 28.1 Å². The van der Waals surface area contributed by atoms with Crippen molar-refractivity contribution in [1.29, 1.82) is 0 Å². The average molecular weight is 422 g/mol. The number of fused-ring (bicyclic) bond motifs is 1. The lowest BCUT2D eigenvalue weighted by Crippen LogP contribution is -2.50. The summed E-state index contributed by atoms with van der Waals surface area (Å²) < 4.78 is 27.9. The first-order chi connectivity index (χ1) is 13.6. The molecule has 10 heteroatoms. The molecule has 1 unspecified atom stereocenters. The molecular formula is C19H22ClF2N7. The number of aliphatic imine (C=N–C) groups is 2. The maximum atomic E-state index is 14.0. The molecule has 1 aromatic carbocycles. The molecule has 7 nitrogen and oxygen atoms in total. The van der Waals surface area contributed by atoms with Crippen molar-refractivity contribution in [3.63, 3.8) is 0 Å². The van der Waals surface area contributed by atoms with Crippen molar-refractivity contribution in [2.75, 3.05) is 18.0 Å². The van der Waals surface area contributed by atoms with Crippen LogP contribution in [0.5, 0.6) is 0 Å². The van der Waals surface area contributed by atoms with Gasteiger partial charge in [0.05, 0.1) is 17.1 Å². The molecule has 1 atom stereocenters. The minimum absolute atomic E-state index is 0.151. The number of pyridine rings is 1. The molecule has 154 valence electrons. The molecule has 4 rings (SSSR count). The highest BCUT2D eigenvalue weighted by atomic mass is 35.5. The molecule has 0 saturated carbocycles. The second kappa shape index (κ2) is 6.69. The monoisotopic (exact) mass is 421 g/mol. The van der Waals surface area contributed by atoms with Crippen molar-refractivity contribution in [3.05, 3.63) is 34.9 Å². The lowest BCUT2D eigenvalue weighted by atomic mass is 9.88. The summed E-state index contributed by atoms with van der Waals surface area (Å²) in [6.07, 6.45) is -0.222. The van der Waals surface area contributed by atoms with Crippen LogP contribution < -0.4 is 21.7 Å². The number of nitrogens with one attached hydrogen (secondary N) is 1. The van der Waals surface area contributed by atoms with Crippen molar-refractivity contribution < 1.29 is 8.78 Å². The van der Waals surface area contributed by atoms with Crippen LogP contribution in [-0.2, 0) is 0 Å². The van der Waals surface area contributed by atoms with Gasteiger partial charge in [-0.3, -0.25) is 5.32 Å². The number of hydrogen-bond acceptors (Lipinski definition) is 7. The van der Waals surface area contributed by atoms with Crippen LogP contribution in [0, 0.1) is 0 Å². The van der Waals surface area contributed by atoms with Crippen LogP contribution >= 0.6 is 11.6 Å². The van der Waals surface area contributed by atoms with Gasteiger partial charge in [0.25, 0.3) is 5.92 Å². The number of alkyl halides is 2. The first-order valence-electron chi connectivity index (χ1n) is 9.28. The van der Waals surface area contributed by atoms with Crippen LogP contribution in [0.3, 0.4) is 0 Å². The second-order valence-electron chi connectivity index (χ2n) is 7.68. The number of para-hydroxylation sites is 1. The fourth-order valence-electron chi connectivity index (χ4n) is 3.85. The van der Waals surface area contributed by atoms with Crippen LogP contribution in [0.15, 0.2) is 34.3 Å². The molecule has 2 aliphatic rings. The van der Waals surface area contributed by atoms with Crippen molar-refractivity contribution in [3.8, 4) is 0 Å². The molecule has 1 fully saturated rings. The van der Waals surface area contributed by atoms with Crippen LogP contribution in [0.25, 0.3) is 10.9 Å². The van der Waals surface area contributed by atoms with Gasteiger partial charge in [0.1, 0.15) is 5.82 Å². The third-order valence-corrected chi connectivity index (χ3v) is 5.82. The molecular weight excluding hydrogens is 400 g/mol. The van der Waals surface area contributed by atoms with Crippen molar-refractivity contribution in [1.82, 2.24) is 10.3 Å². The number of aromatic nitrogens is 1.